The van der Waals surface area contributed by atoms with Crippen molar-refractivity contribution in [2.45, 2.75) is 6.92 Å². The Labute approximate surface area is 132 Å². The van der Waals surface area contributed by atoms with E-state index in [0.717, 1.165) is 17.2 Å². The molecule has 0 bridgehead atoms. The molecule has 0 saturated carbocycles. The van der Waals surface area contributed by atoms with Crippen LogP contribution in [0.2, 0.25) is 10.0 Å². The zero-order valence-electron chi connectivity index (χ0n) is 11.1. The first kappa shape index (κ1) is 15.4. The number of hydrogen-bond donors (Lipinski definition) is 1. The Hall–Kier alpha value is -1.97. The summed E-state index contributed by atoms with van der Waals surface area (Å²) in [6.07, 6.45) is 2.56. The van der Waals surface area contributed by atoms with Gasteiger partial charge in [0, 0.05) is 17.2 Å². The van der Waals surface area contributed by atoms with Gasteiger partial charge in [-0.15, -0.1) is 0 Å². The Balaban J connectivity index is 2.33. The predicted molar refractivity (Wildman–Crippen MR) is 84.4 cm³/mol. The molecule has 0 aromatic heterocycles. The highest BCUT2D eigenvalue weighted by atomic mass is 35.5. The Bertz CT molecular complexity index is 709. The van der Waals surface area contributed by atoms with Crippen molar-refractivity contribution in [3.05, 3.63) is 63.6 Å². The molecule has 0 fully saturated rings. The molecule has 2 aromatic rings. The fourth-order valence-corrected chi connectivity index (χ4v) is 1.99. The average Bonchev–Trinajstić information content (AvgIpc) is 2.43. The lowest BCUT2D eigenvalue weighted by Gasteiger charge is -2.11. The number of ether oxygens (including phenoxy) is 1. The molecule has 0 saturated heterocycles. The number of carboxylic acid groups (broad SMARTS) is 1. The zero-order chi connectivity index (χ0) is 15.4. The maximum Gasteiger partial charge on any atom is 0.328 e. The number of hydrogen-bond acceptors (Lipinski definition) is 2. The van der Waals surface area contributed by atoms with Crippen LogP contribution in [0.1, 0.15) is 11.1 Å². The molecule has 0 atom stereocenters. The third kappa shape index (κ3) is 4.25. The number of aliphatic carboxylic acids is 1. The third-order valence-electron chi connectivity index (χ3n) is 2.74. The van der Waals surface area contributed by atoms with Gasteiger partial charge in [0.15, 0.2) is 0 Å². The SMILES string of the molecule is Cc1ccc(/C=C/C(=O)O)cc1Oc1cc(Cl)ccc1Cl. The van der Waals surface area contributed by atoms with E-state index in [1.54, 1.807) is 30.3 Å². The topological polar surface area (TPSA) is 46.5 Å². The Morgan fingerprint density at radius 2 is 1.90 bits per heavy atom. The van der Waals surface area contributed by atoms with E-state index < -0.39 is 5.97 Å². The molecule has 0 aliphatic heterocycles. The molecule has 2 rings (SSSR count). The summed E-state index contributed by atoms with van der Waals surface area (Å²) in [5, 5.41) is 9.62. The lowest BCUT2D eigenvalue weighted by Crippen LogP contribution is -1.90. The second-order valence-electron chi connectivity index (χ2n) is 4.37. The van der Waals surface area contributed by atoms with E-state index in [9.17, 15) is 4.79 Å². The summed E-state index contributed by atoms with van der Waals surface area (Å²) < 4.78 is 5.77. The smallest absolute Gasteiger partial charge is 0.328 e. The van der Waals surface area contributed by atoms with Crippen LogP contribution in [-0.4, -0.2) is 11.1 Å². The van der Waals surface area contributed by atoms with E-state index >= 15 is 0 Å². The molecule has 3 nitrogen and oxygen atoms in total. The maximum atomic E-state index is 10.5. The average molecular weight is 323 g/mol. The molecular formula is C16H12Cl2O3. The third-order valence-corrected chi connectivity index (χ3v) is 3.29. The Morgan fingerprint density at radius 1 is 1.14 bits per heavy atom. The molecule has 0 amide bonds. The van der Waals surface area contributed by atoms with Crippen LogP contribution in [0.25, 0.3) is 6.08 Å². The second kappa shape index (κ2) is 6.66. The highest BCUT2D eigenvalue weighted by Crippen LogP contribution is 2.33. The summed E-state index contributed by atoms with van der Waals surface area (Å²) in [7, 11) is 0. The molecule has 5 heteroatoms. The molecule has 2 aromatic carbocycles. The van der Waals surface area contributed by atoms with Crippen molar-refractivity contribution >= 4 is 35.2 Å². The van der Waals surface area contributed by atoms with Crippen LogP contribution < -0.4 is 4.74 Å². The summed E-state index contributed by atoms with van der Waals surface area (Å²) in [6, 6.07) is 10.4. The Morgan fingerprint density at radius 3 is 2.62 bits per heavy atom. The summed E-state index contributed by atoms with van der Waals surface area (Å²) in [5.41, 5.74) is 1.62. The van der Waals surface area contributed by atoms with Gasteiger partial charge >= 0.3 is 5.97 Å². The Kier molecular flexibility index (Phi) is 4.89. The van der Waals surface area contributed by atoms with Crippen molar-refractivity contribution in [1.82, 2.24) is 0 Å². The molecule has 0 aliphatic rings. The van der Waals surface area contributed by atoms with Gasteiger partial charge in [0.25, 0.3) is 0 Å². The van der Waals surface area contributed by atoms with Crippen LogP contribution in [0.4, 0.5) is 0 Å². The molecular weight excluding hydrogens is 311 g/mol. The molecule has 0 unspecified atom stereocenters. The van der Waals surface area contributed by atoms with E-state index in [2.05, 4.69) is 0 Å². The molecule has 108 valence electrons. The fourth-order valence-electron chi connectivity index (χ4n) is 1.67. The van der Waals surface area contributed by atoms with Crippen LogP contribution in [0.3, 0.4) is 0 Å². The van der Waals surface area contributed by atoms with Crippen LogP contribution in [0.5, 0.6) is 11.5 Å². The molecule has 0 aliphatic carbocycles. The quantitative estimate of drug-likeness (QED) is 0.787. The summed E-state index contributed by atoms with van der Waals surface area (Å²) in [5.74, 6) is 0.0364. The van der Waals surface area contributed by atoms with Gasteiger partial charge in [0.2, 0.25) is 0 Å². The summed E-state index contributed by atoms with van der Waals surface area (Å²) >= 11 is 12.0. The summed E-state index contributed by atoms with van der Waals surface area (Å²) in [4.78, 5) is 10.5. The lowest BCUT2D eigenvalue weighted by molar-refractivity contribution is -0.131. The van der Waals surface area contributed by atoms with Gasteiger partial charge < -0.3 is 9.84 Å². The minimum Gasteiger partial charge on any atom is -0.478 e. The van der Waals surface area contributed by atoms with Gasteiger partial charge in [-0.1, -0.05) is 35.3 Å². The fraction of sp³-hybridized carbons (Fsp3) is 0.0625. The highest BCUT2D eigenvalue weighted by molar-refractivity contribution is 6.34. The van der Waals surface area contributed by atoms with Crippen molar-refractivity contribution in [3.63, 3.8) is 0 Å². The van der Waals surface area contributed by atoms with Gasteiger partial charge in [0.1, 0.15) is 11.5 Å². The van der Waals surface area contributed by atoms with Gasteiger partial charge in [0.05, 0.1) is 5.02 Å². The summed E-state index contributed by atoms with van der Waals surface area (Å²) in [6.45, 7) is 1.89. The molecule has 1 N–H and O–H groups in total. The van der Waals surface area contributed by atoms with Crippen molar-refractivity contribution in [2.24, 2.45) is 0 Å². The van der Waals surface area contributed by atoms with Crippen molar-refractivity contribution in [1.29, 1.82) is 0 Å². The molecule has 0 radical (unpaired) electrons. The van der Waals surface area contributed by atoms with Crippen LogP contribution in [0.15, 0.2) is 42.5 Å². The van der Waals surface area contributed by atoms with Gasteiger partial charge in [-0.2, -0.15) is 0 Å². The minimum absolute atomic E-state index is 0.449. The zero-order valence-corrected chi connectivity index (χ0v) is 12.7. The van der Waals surface area contributed by atoms with E-state index in [4.69, 9.17) is 33.0 Å². The van der Waals surface area contributed by atoms with Crippen LogP contribution in [0, 0.1) is 6.92 Å². The standard InChI is InChI=1S/C16H12Cl2O3/c1-10-2-3-11(4-7-16(19)20)8-14(10)21-15-9-12(17)5-6-13(15)18/h2-9H,1H3,(H,19,20)/b7-4+. The van der Waals surface area contributed by atoms with Gasteiger partial charge in [-0.3, -0.25) is 0 Å². The van der Waals surface area contributed by atoms with Crippen molar-refractivity contribution in [2.75, 3.05) is 0 Å². The van der Waals surface area contributed by atoms with Crippen LogP contribution >= 0.6 is 23.2 Å². The molecule has 0 spiro atoms. The van der Waals surface area contributed by atoms with E-state index in [1.807, 2.05) is 13.0 Å². The lowest BCUT2D eigenvalue weighted by atomic mass is 10.1. The van der Waals surface area contributed by atoms with E-state index in [-0.39, 0.29) is 0 Å². The van der Waals surface area contributed by atoms with Crippen LogP contribution in [-0.2, 0) is 4.79 Å². The van der Waals surface area contributed by atoms with Gasteiger partial charge in [-0.05, 0) is 42.3 Å². The van der Waals surface area contributed by atoms with Crippen molar-refractivity contribution < 1.29 is 14.6 Å². The first-order chi connectivity index (χ1) is 9.95. The van der Waals surface area contributed by atoms with E-state index in [0.29, 0.717) is 21.5 Å². The highest BCUT2D eigenvalue weighted by Gasteiger charge is 2.07. The minimum atomic E-state index is -1.00. The monoisotopic (exact) mass is 322 g/mol. The van der Waals surface area contributed by atoms with E-state index in [1.165, 1.54) is 6.08 Å². The predicted octanol–water partition coefficient (Wildman–Crippen LogP) is 5.19. The normalized spacial score (nSPS) is 10.8. The maximum absolute atomic E-state index is 10.5. The first-order valence-electron chi connectivity index (χ1n) is 6.10. The number of aryl methyl sites for hydroxylation is 1. The van der Waals surface area contributed by atoms with Gasteiger partial charge in [-0.25, -0.2) is 4.79 Å². The largest absolute Gasteiger partial charge is 0.478 e. The first-order valence-corrected chi connectivity index (χ1v) is 6.86. The van der Waals surface area contributed by atoms with Crippen molar-refractivity contribution in [3.8, 4) is 11.5 Å². The number of benzene rings is 2. The number of rotatable bonds is 4. The number of carboxylic acids is 1. The molecule has 0 heterocycles. The number of halogens is 2. The second-order valence-corrected chi connectivity index (χ2v) is 5.22. The number of carbonyl (C=O) groups is 1. The molecule has 21 heavy (non-hydrogen) atoms.